The number of rotatable bonds is 7. The van der Waals surface area contributed by atoms with Gasteiger partial charge in [-0.25, -0.2) is 0 Å². The molecule has 9 heteroatoms. The highest BCUT2D eigenvalue weighted by Gasteiger charge is 2.35. The van der Waals surface area contributed by atoms with Crippen molar-refractivity contribution in [3.05, 3.63) is 51.3 Å². The van der Waals surface area contributed by atoms with Crippen molar-refractivity contribution in [1.82, 2.24) is 0 Å². The lowest BCUT2D eigenvalue weighted by Crippen LogP contribution is -2.20. The summed E-state index contributed by atoms with van der Waals surface area (Å²) in [5, 5.41) is 11.1. The monoisotopic (exact) mass is 359 g/mol. The number of carbonyl (C=O) groups is 2. The Labute approximate surface area is 141 Å². The van der Waals surface area contributed by atoms with Crippen molar-refractivity contribution < 1.29 is 32.4 Å². The van der Waals surface area contributed by atoms with Crippen LogP contribution < -0.4 is 0 Å². The molecule has 1 rings (SSSR count). The fourth-order valence-corrected chi connectivity index (χ4v) is 1.90. The topological polar surface area (TPSA) is 86.5 Å². The minimum Gasteiger partial charge on any atom is -0.501 e. The average Bonchev–Trinajstić information content (AvgIpc) is 2.53. The van der Waals surface area contributed by atoms with Gasteiger partial charge in [-0.15, -0.1) is 0 Å². The van der Waals surface area contributed by atoms with Gasteiger partial charge in [0.2, 0.25) is 5.78 Å². The van der Waals surface area contributed by atoms with Crippen LogP contribution in [0, 0.1) is 16.0 Å². The van der Waals surface area contributed by atoms with Crippen molar-refractivity contribution in [3.8, 4) is 0 Å². The quantitative estimate of drug-likeness (QED) is 0.140. The maximum Gasteiger partial charge on any atom is 0.416 e. The zero-order valence-corrected chi connectivity index (χ0v) is 13.7. The Balaban J connectivity index is 3.48. The molecule has 0 radical (unpaired) electrons. The number of hydrogen-bond acceptors (Lipinski definition) is 5. The first kappa shape index (κ1) is 20.3. The fraction of sp³-hybridized carbons (Fsp3) is 0.375. The first-order valence-electron chi connectivity index (χ1n) is 7.27. The third-order valence-electron chi connectivity index (χ3n) is 3.17. The molecule has 0 aromatic heterocycles. The number of ketones is 2. The van der Waals surface area contributed by atoms with Crippen molar-refractivity contribution >= 4 is 17.3 Å². The van der Waals surface area contributed by atoms with Crippen LogP contribution in [0.1, 0.15) is 36.7 Å². The highest BCUT2D eigenvalue weighted by Crippen LogP contribution is 2.34. The molecule has 1 aromatic rings. The summed E-state index contributed by atoms with van der Waals surface area (Å²) in [5.74, 6) is -2.30. The molecular formula is C16H16F3NO5. The number of halogens is 3. The molecule has 0 bridgehead atoms. The Kier molecular flexibility index (Phi) is 6.43. The number of nitrogens with zero attached hydrogens (tertiary/aromatic N) is 1. The van der Waals surface area contributed by atoms with Gasteiger partial charge < -0.3 is 4.74 Å². The van der Waals surface area contributed by atoms with Crippen LogP contribution in [0.5, 0.6) is 0 Å². The number of ether oxygens (including phenoxy) is 1. The van der Waals surface area contributed by atoms with Gasteiger partial charge in [-0.3, -0.25) is 19.7 Å². The van der Waals surface area contributed by atoms with Crippen LogP contribution in [0.15, 0.2) is 30.0 Å². The van der Waals surface area contributed by atoms with Gasteiger partial charge in [0.25, 0.3) is 5.69 Å². The Morgan fingerprint density at radius 1 is 1.32 bits per heavy atom. The maximum absolute atomic E-state index is 12.7. The van der Waals surface area contributed by atoms with Crippen LogP contribution in [0.2, 0.25) is 0 Å². The number of benzene rings is 1. The first-order chi connectivity index (χ1) is 11.5. The van der Waals surface area contributed by atoms with Gasteiger partial charge in [0, 0.05) is 12.0 Å². The summed E-state index contributed by atoms with van der Waals surface area (Å²) in [4.78, 5) is 34.7. The molecule has 0 fully saturated rings. The summed E-state index contributed by atoms with van der Waals surface area (Å²) in [6.45, 7) is 4.75. The number of Topliss-reactive ketones (excluding diaryl/α,β-unsaturated/α-hetero) is 2. The van der Waals surface area contributed by atoms with Crippen LogP contribution in [-0.4, -0.2) is 23.1 Å². The highest BCUT2D eigenvalue weighted by atomic mass is 19.4. The fourth-order valence-electron chi connectivity index (χ4n) is 1.90. The lowest BCUT2D eigenvalue weighted by atomic mass is 9.93. The van der Waals surface area contributed by atoms with Crippen molar-refractivity contribution in [1.29, 1.82) is 0 Å². The van der Waals surface area contributed by atoms with Gasteiger partial charge in [0.1, 0.15) is 11.1 Å². The molecule has 6 nitrogen and oxygen atoms in total. The molecule has 0 unspecified atom stereocenters. The van der Waals surface area contributed by atoms with Crippen molar-refractivity contribution in [2.24, 2.45) is 5.92 Å². The molecular weight excluding hydrogens is 343 g/mol. The average molecular weight is 359 g/mol. The molecule has 0 aliphatic heterocycles. The predicted molar refractivity (Wildman–Crippen MR) is 82.0 cm³/mol. The van der Waals surface area contributed by atoms with E-state index in [2.05, 4.69) is 0 Å². The number of hydrogen-bond donors (Lipinski definition) is 0. The van der Waals surface area contributed by atoms with Crippen LogP contribution in [0.25, 0.3) is 0 Å². The molecule has 1 aromatic carbocycles. The number of nitro groups is 1. The third kappa shape index (κ3) is 4.88. The first-order valence-corrected chi connectivity index (χ1v) is 7.27. The van der Waals surface area contributed by atoms with Gasteiger partial charge in [-0.05, 0) is 19.1 Å². The number of allylic oxidation sites excluding steroid dienone is 1. The highest BCUT2D eigenvalue weighted by molar-refractivity contribution is 6.27. The molecule has 0 N–H and O–H groups in total. The van der Waals surface area contributed by atoms with E-state index in [9.17, 15) is 32.9 Å². The largest absolute Gasteiger partial charge is 0.501 e. The van der Waals surface area contributed by atoms with Gasteiger partial charge in [-0.2, -0.15) is 13.2 Å². The minimum atomic E-state index is -4.80. The summed E-state index contributed by atoms with van der Waals surface area (Å²) in [6.07, 6.45) is -3.92. The Hall–Kier alpha value is -2.71. The summed E-state index contributed by atoms with van der Waals surface area (Å²) in [7, 11) is 0. The molecule has 0 saturated heterocycles. The molecule has 0 heterocycles. The maximum atomic E-state index is 12.7. The predicted octanol–water partition coefficient (Wildman–Crippen LogP) is 3.94. The second-order valence-corrected chi connectivity index (χ2v) is 5.32. The second kappa shape index (κ2) is 7.91. The normalized spacial score (nSPS) is 12.2. The van der Waals surface area contributed by atoms with Crippen molar-refractivity contribution in [2.45, 2.75) is 26.9 Å². The number of carbonyl (C=O) groups excluding carboxylic acids is 2. The zero-order chi connectivity index (χ0) is 19.4. The molecule has 0 spiro atoms. The lowest BCUT2D eigenvalue weighted by Gasteiger charge is -2.11. The Morgan fingerprint density at radius 3 is 2.36 bits per heavy atom. The van der Waals surface area contributed by atoms with Crippen LogP contribution in [0.4, 0.5) is 18.9 Å². The summed E-state index contributed by atoms with van der Waals surface area (Å²) in [6, 6.07) is 1.51. The van der Waals surface area contributed by atoms with E-state index >= 15 is 0 Å². The summed E-state index contributed by atoms with van der Waals surface area (Å²) < 4.78 is 43.1. The second-order valence-electron chi connectivity index (χ2n) is 5.32. The minimum absolute atomic E-state index is 0.136. The van der Waals surface area contributed by atoms with Crippen LogP contribution in [-0.2, 0) is 15.7 Å². The Morgan fingerprint density at radius 2 is 1.92 bits per heavy atom. The molecule has 0 atom stereocenters. The third-order valence-corrected chi connectivity index (χ3v) is 3.17. The Bertz CT molecular complexity index is 723. The standard InChI is InChI=1S/C16H16F3NO5/c1-4-25-8-12(14(21)9(2)3)15(22)11-6-5-10(16(17,18)19)7-13(11)20(23)24/h5-9H,4H2,1-3H3. The summed E-state index contributed by atoms with van der Waals surface area (Å²) in [5.41, 5.74) is -3.36. The van der Waals surface area contributed by atoms with Gasteiger partial charge in [0.15, 0.2) is 5.78 Å². The van der Waals surface area contributed by atoms with Gasteiger partial charge >= 0.3 is 6.18 Å². The lowest BCUT2D eigenvalue weighted by molar-refractivity contribution is -0.385. The van der Waals surface area contributed by atoms with Crippen molar-refractivity contribution in [2.75, 3.05) is 6.61 Å². The van der Waals surface area contributed by atoms with E-state index in [-0.39, 0.29) is 12.7 Å². The summed E-state index contributed by atoms with van der Waals surface area (Å²) >= 11 is 0. The smallest absolute Gasteiger partial charge is 0.416 e. The van der Waals surface area contributed by atoms with E-state index in [4.69, 9.17) is 4.74 Å². The number of alkyl halides is 3. The van der Waals surface area contributed by atoms with Crippen molar-refractivity contribution in [3.63, 3.8) is 0 Å². The van der Waals surface area contributed by atoms with E-state index in [1.807, 2.05) is 0 Å². The molecule has 25 heavy (non-hydrogen) atoms. The molecule has 0 amide bonds. The van der Waals surface area contributed by atoms with E-state index < -0.39 is 51.0 Å². The van der Waals surface area contributed by atoms with Gasteiger partial charge in [0.05, 0.1) is 23.4 Å². The van der Waals surface area contributed by atoms with Gasteiger partial charge in [-0.1, -0.05) is 13.8 Å². The van der Waals surface area contributed by atoms with E-state index in [1.54, 1.807) is 6.92 Å². The van der Waals surface area contributed by atoms with Crippen LogP contribution >= 0.6 is 0 Å². The zero-order valence-electron chi connectivity index (χ0n) is 13.7. The molecule has 0 aliphatic rings. The molecule has 0 saturated carbocycles. The molecule has 136 valence electrons. The SMILES string of the molecule is CCOC=C(C(=O)c1ccc(C(F)(F)F)cc1[N+](=O)[O-])C(=O)C(C)C. The van der Waals surface area contributed by atoms with E-state index in [0.29, 0.717) is 12.1 Å². The van der Waals surface area contributed by atoms with E-state index in [1.165, 1.54) is 13.8 Å². The molecule has 0 aliphatic carbocycles. The number of nitro benzene ring substituents is 1. The van der Waals surface area contributed by atoms with Crippen LogP contribution in [0.3, 0.4) is 0 Å². The van der Waals surface area contributed by atoms with E-state index in [0.717, 1.165) is 6.26 Å².